The molecule has 0 aliphatic heterocycles. The Hall–Kier alpha value is -3.87. The second-order valence-corrected chi connectivity index (χ2v) is 7.83. The molecule has 1 N–H and O–H groups in total. The molecule has 7 heteroatoms. The summed E-state index contributed by atoms with van der Waals surface area (Å²) < 4.78 is 13.1. The summed E-state index contributed by atoms with van der Waals surface area (Å²) in [6, 6.07) is 17.7. The zero-order chi connectivity index (χ0) is 22.7. The molecule has 4 rings (SSSR count). The van der Waals surface area contributed by atoms with Crippen LogP contribution >= 0.6 is 0 Å². The minimum absolute atomic E-state index is 0.184. The number of amides is 1. The van der Waals surface area contributed by atoms with E-state index < -0.39 is 0 Å². The van der Waals surface area contributed by atoms with Crippen LogP contribution in [0.5, 0.6) is 5.75 Å². The molecule has 164 valence electrons. The lowest BCUT2D eigenvalue weighted by Gasteiger charge is -2.09. The number of nitrogens with zero attached hydrogens (tertiary/aromatic N) is 3. The van der Waals surface area contributed by atoms with Gasteiger partial charge in [0.15, 0.2) is 11.5 Å². The Morgan fingerprint density at radius 2 is 1.75 bits per heavy atom. The molecular weight excluding hydrogens is 404 g/mol. The van der Waals surface area contributed by atoms with Gasteiger partial charge in [0.25, 0.3) is 5.91 Å². The first-order valence-corrected chi connectivity index (χ1v) is 10.5. The number of rotatable bonds is 7. The van der Waals surface area contributed by atoms with E-state index in [-0.39, 0.29) is 18.2 Å². The predicted molar refractivity (Wildman–Crippen MR) is 122 cm³/mol. The summed E-state index contributed by atoms with van der Waals surface area (Å²) in [6.07, 6.45) is 0. The molecule has 4 aromatic rings. The second-order valence-electron chi connectivity index (χ2n) is 7.83. The lowest BCUT2D eigenvalue weighted by atomic mass is 10.1. The lowest BCUT2D eigenvalue weighted by Crippen LogP contribution is -2.16. The maximum atomic E-state index is 12.9. The van der Waals surface area contributed by atoms with Crippen LogP contribution in [0.1, 0.15) is 44.2 Å². The van der Waals surface area contributed by atoms with Gasteiger partial charge in [-0.3, -0.25) is 9.48 Å². The fraction of sp³-hybridized carbons (Fsp3) is 0.240. The molecule has 0 radical (unpaired) electrons. The molecule has 0 spiro atoms. The van der Waals surface area contributed by atoms with E-state index in [2.05, 4.69) is 34.6 Å². The molecular formula is C25H26N4O3. The molecule has 0 bridgehead atoms. The van der Waals surface area contributed by atoms with E-state index in [9.17, 15) is 4.79 Å². The molecule has 0 saturated carbocycles. The Morgan fingerprint density at radius 3 is 2.50 bits per heavy atom. The number of carbonyl (C=O) groups is 1. The number of aryl methyl sites for hydroxylation is 4. The third-order valence-electron chi connectivity index (χ3n) is 5.47. The first kappa shape index (κ1) is 21.4. The molecule has 0 saturated heterocycles. The third kappa shape index (κ3) is 4.56. The average molecular weight is 431 g/mol. The Kier molecular flexibility index (Phi) is 6.07. The first-order valence-electron chi connectivity index (χ1n) is 10.5. The van der Waals surface area contributed by atoms with Gasteiger partial charge in [-0.25, -0.2) is 0 Å². The van der Waals surface area contributed by atoms with Gasteiger partial charge < -0.3 is 14.6 Å². The van der Waals surface area contributed by atoms with Crippen LogP contribution in [0.15, 0.2) is 59.1 Å². The number of hydrogen-bond donors (Lipinski definition) is 1. The van der Waals surface area contributed by atoms with Gasteiger partial charge in [-0.2, -0.15) is 5.10 Å². The van der Waals surface area contributed by atoms with Gasteiger partial charge in [0.2, 0.25) is 0 Å². The zero-order valence-electron chi connectivity index (χ0n) is 18.7. The Morgan fingerprint density at radius 1 is 1.03 bits per heavy atom. The lowest BCUT2D eigenvalue weighted by molar-refractivity contribution is 0.101. The number of carbonyl (C=O) groups excluding carboxylic acids is 1. The van der Waals surface area contributed by atoms with Gasteiger partial charge >= 0.3 is 0 Å². The van der Waals surface area contributed by atoms with Gasteiger partial charge in [0, 0.05) is 11.8 Å². The van der Waals surface area contributed by atoms with E-state index >= 15 is 0 Å². The van der Waals surface area contributed by atoms with Crippen LogP contribution < -0.4 is 10.1 Å². The number of ether oxygens (including phenoxy) is 1. The van der Waals surface area contributed by atoms with Crippen molar-refractivity contribution in [3.8, 4) is 5.75 Å². The van der Waals surface area contributed by atoms with Crippen molar-refractivity contribution < 1.29 is 14.1 Å². The van der Waals surface area contributed by atoms with Crippen LogP contribution in [0.4, 0.5) is 5.82 Å². The number of hydrogen-bond acceptors (Lipinski definition) is 5. The molecule has 32 heavy (non-hydrogen) atoms. The van der Waals surface area contributed by atoms with Gasteiger partial charge in [0.1, 0.15) is 18.1 Å². The van der Waals surface area contributed by atoms with Crippen molar-refractivity contribution in [2.45, 2.75) is 40.8 Å². The van der Waals surface area contributed by atoms with Crippen molar-refractivity contribution in [3.05, 3.63) is 94.0 Å². The van der Waals surface area contributed by atoms with Crippen LogP contribution in [-0.2, 0) is 13.2 Å². The molecule has 2 aromatic carbocycles. The highest BCUT2D eigenvalue weighted by molar-refractivity contribution is 6.03. The number of aromatic nitrogens is 3. The fourth-order valence-corrected chi connectivity index (χ4v) is 3.46. The van der Waals surface area contributed by atoms with Gasteiger partial charge in [0.05, 0.1) is 12.1 Å². The molecule has 2 aromatic heterocycles. The van der Waals surface area contributed by atoms with Crippen molar-refractivity contribution in [3.63, 3.8) is 0 Å². The summed E-state index contributed by atoms with van der Waals surface area (Å²) in [5, 5.41) is 11.3. The van der Waals surface area contributed by atoms with Crippen molar-refractivity contribution in [2.24, 2.45) is 0 Å². The average Bonchev–Trinajstić information content (AvgIpc) is 3.31. The van der Waals surface area contributed by atoms with Crippen LogP contribution in [0.25, 0.3) is 0 Å². The SMILES string of the molecule is Cc1ccccc1Cn1nc(NC(=O)c2noc(C)c2COc2ccccc2C)cc1C. The van der Waals surface area contributed by atoms with E-state index in [4.69, 9.17) is 9.26 Å². The molecule has 7 nitrogen and oxygen atoms in total. The smallest absolute Gasteiger partial charge is 0.279 e. The summed E-state index contributed by atoms with van der Waals surface area (Å²) in [4.78, 5) is 12.9. The van der Waals surface area contributed by atoms with E-state index in [0.717, 1.165) is 17.0 Å². The molecule has 0 aliphatic carbocycles. The highest BCUT2D eigenvalue weighted by Gasteiger charge is 2.22. The Balaban J connectivity index is 1.48. The summed E-state index contributed by atoms with van der Waals surface area (Å²) >= 11 is 0. The van der Waals surface area contributed by atoms with Crippen LogP contribution in [0.2, 0.25) is 0 Å². The van der Waals surface area contributed by atoms with Gasteiger partial charge in [-0.05, 0) is 50.5 Å². The van der Waals surface area contributed by atoms with E-state index in [0.29, 0.717) is 23.7 Å². The van der Waals surface area contributed by atoms with Crippen LogP contribution in [0, 0.1) is 27.7 Å². The van der Waals surface area contributed by atoms with Crippen molar-refractivity contribution in [1.29, 1.82) is 0 Å². The quantitative estimate of drug-likeness (QED) is 0.447. The number of benzene rings is 2. The van der Waals surface area contributed by atoms with E-state index in [1.807, 2.05) is 61.0 Å². The molecule has 0 aliphatic rings. The second kappa shape index (κ2) is 9.09. The van der Waals surface area contributed by atoms with Crippen molar-refractivity contribution in [2.75, 3.05) is 5.32 Å². The predicted octanol–water partition coefficient (Wildman–Crippen LogP) is 4.98. The number of nitrogens with one attached hydrogen (secondary N) is 1. The highest BCUT2D eigenvalue weighted by Crippen LogP contribution is 2.22. The first-order chi connectivity index (χ1) is 15.4. The monoisotopic (exact) mass is 430 g/mol. The molecule has 1 amide bonds. The summed E-state index contributed by atoms with van der Waals surface area (Å²) in [7, 11) is 0. The zero-order valence-corrected chi connectivity index (χ0v) is 18.7. The maximum Gasteiger partial charge on any atom is 0.279 e. The largest absolute Gasteiger partial charge is 0.488 e. The van der Waals surface area contributed by atoms with Gasteiger partial charge in [-0.1, -0.05) is 47.6 Å². The maximum absolute atomic E-state index is 12.9. The molecule has 0 fully saturated rings. The molecule has 0 unspecified atom stereocenters. The summed E-state index contributed by atoms with van der Waals surface area (Å²) in [5.74, 6) is 1.38. The normalized spacial score (nSPS) is 10.9. The minimum Gasteiger partial charge on any atom is -0.488 e. The van der Waals surface area contributed by atoms with Crippen molar-refractivity contribution >= 4 is 11.7 Å². The van der Waals surface area contributed by atoms with E-state index in [1.165, 1.54) is 11.1 Å². The highest BCUT2D eigenvalue weighted by atomic mass is 16.5. The topological polar surface area (TPSA) is 82.2 Å². The van der Waals surface area contributed by atoms with Crippen LogP contribution in [-0.4, -0.2) is 20.8 Å². The van der Waals surface area contributed by atoms with Crippen molar-refractivity contribution in [1.82, 2.24) is 14.9 Å². The number of para-hydroxylation sites is 1. The summed E-state index contributed by atoms with van der Waals surface area (Å²) in [5.41, 5.74) is 5.15. The van der Waals surface area contributed by atoms with E-state index in [1.54, 1.807) is 6.92 Å². The minimum atomic E-state index is -0.384. The Bertz CT molecular complexity index is 1260. The third-order valence-corrected chi connectivity index (χ3v) is 5.47. The molecule has 2 heterocycles. The van der Waals surface area contributed by atoms with Gasteiger partial charge in [-0.15, -0.1) is 0 Å². The fourth-order valence-electron chi connectivity index (χ4n) is 3.46. The van der Waals surface area contributed by atoms with Crippen LogP contribution in [0.3, 0.4) is 0 Å². The molecule has 0 atom stereocenters. The standard InChI is InChI=1S/C25H26N4O3/c1-16-9-5-7-11-20(16)14-29-18(3)13-23(27-29)26-25(30)24-21(19(4)32-28-24)15-31-22-12-8-6-10-17(22)2/h5-13H,14-15H2,1-4H3,(H,26,27,30). The number of anilines is 1. The Labute approximate surface area is 187 Å². The summed E-state index contributed by atoms with van der Waals surface area (Å²) in [6.45, 7) is 8.59.